The maximum atomic E-state index is 5.86. The number of nitrogens with zero attached hydrogens (tertiary/aromatic N) is 2. The summed E-state index contributed by atoms with van der Waals surface area (Å²) in [5.41, 5.74) is 8.83. The summed E-state index contributed by atoms with van der Waals surface area (Å²) in [5.74, 6) is 1.85. The first kappa shape index (κ1) is 14.6. The second-order valence-corrected chi connectivity index (χ2v) is 5.89. The lowest BCUT2D eigenvalue weighted by Crippen LogP contribution is -2.37. The Morgan fingerprint density at radius 2 is 2.14 bits per heavy atom. The molecule has 0 amide bonds. The van der Waals surface area contributed by atoms with Crippen LogP contribution in [0.2, 0.25) is 0 Å². The molecule has 0 radical (unpaired) electrons. The third kappa shape index (κ3) is 3.67. The predicted octanol–water partition coefficient (Wildman–Crippen LogP) is 2.85. The highest BCUT2D eigenvalue weighted by Crippen LogP contribution is 2.25. The number of guanidine groups is 1. The Morgan fingerprint density at radius 3 is 2.82 bits per heavy atom. The highest BCUT2D eigenvalue weighted by Gasteiger charge is 2.16. The molecule has 1 fully saturated rings. The third-order valence-corrected chi connectivity index (χ3v) is 4.06. The van der Waals surface area contributed by atoms with Crippen molar-refractivity contribution >= 4 is 5.96 Å². The summed E-state index contributed by atoms with van der Waals surface area (Å²) >= 11 is 0. The normalized spacial score (nSPS) is 15.6. The lowest BCUT2D eigenvalue weighted by Gasteiger charge is -2.25. The number of benzene rings is 1. The van der Waals surface area contributed by atoms with Crippen molar-refractivity contribution in [1.29, 1.82) is 0 Å². The fourth-order valence-electron chi connectivity index (χ4n) is 2.38. The highest BCUT2D eigenvalue weighted by molar-refractivity contribution is 5.77. The van der Waals surface area contributed by atoms with Crippen LogP contribution in [0.25, 0.3) is 11.5 Å². The number of nitrogens with one attached hydrogen (secondary N) is 1. The van der Waals surface area contributed by atoms with Crippen LogP contribution in [0.5, 0.6) is 0 Å². The number of nitrogens with two attached hydrogens (primary N) is 1. The first-order valence-electron chi connectivity index (χ1n) is 7.76. The molecular weight excluding hydrogens is 276 g/mol. The summed E-state index contributed by atoms with van der Waals surface area (Å²) < 4.78 is 5.51. The summed E-state index contributed by atoms with van der Waals surface area (Å²) in [5, 5.41) is 3.17. The quantitative estimate of drug-likeness (QED) is 0.657. The molecule has 22 heavy (non-hydrogen) atoms. The minimum atomic E-state index is 0.429. The molecule has 1 aliphatic carbocycles. The number of hydrogen-bond donors (Lipinski definition) is 2. The van der Waals surface area contributed by atoms with E-state index in [-0.39, 0.29) is 0 Å². The van der Waals surface area contributed by atoms with Gasteiger partial charge in [-0.2, -0.15) is 0 Å². The molecule has 0 atom stereocenters. The Morgan fingerprint density at radius 1 is 1.36 bits per heavy atom. The van der Waals surface area contributed by atoms with Gasteiger partial charge in [0.1, 0.15) is 12.0 Å². The van der Waals surface area contributed by atoms with Crippen LogP contribution in [0, 0.1) is 12.8 Å². The molecule has 0 aliphatic heterocycles. The summed E-state index contributed by atoms with van der Waals surface area (Å²) in [6, 6.07) is 8.09. The van der Waals surface area contributed by atoms with Crippen molar-refractivity contribution in [3.05, 3.63) is 41.8 Å². The molecular formula is C17H22N4O. The summed E-state index contributed by atoms with van der Waals surface area (Å²) in [6.45, 7) is 3.40. The van der Waals surface area contributed by atoms with Gasteiger partial charge in [0.2, 0.25) is 5.89 Å². The van der Waals surface area contributed by atoms with Crippen LogP contribution in [0.1, 0.15) is 30.5 Å². The number of hydrogen-bond acceptors (Lipinski definition) is 3. The van der Waals surface area contributed by atoms with Crippen LogP contribution in [0.3, 0.4) is 0 Å². The van der Waals surface area contributed by atoms with E-state index in [1.807, 2.05) is 24.3 Å². The van der Waals surface area contributed by atoms with E-state index in [0.29, 0.717) is 18.4 Å². The maximum absolute atomic E-state index is 5.86. The maximum Gasteiger partial charge on any atom is 0.226 e. The zero-order valence-electron chi connectivity index (χ0n) is 12.9. The van der Waals surface area contributed by atoms with Crippen LogP contribution >= 0.6 is 0 Å². The number of rotatable bonds is 5. The number of aryl methyl sites for hydroxylation is 1. The average Bonchev–Trinajstić information content (AvgIpc) is 2.93. The van der Waals surface area contributed by atoms with Crippen LogP contribution in [-0.4, -0.2) is 17.5 Å². The van der Waals surface area contributed by atoms with Crippen molar-refractivity contribution in [1.82, 2.24) is 10.3 Å². The Hall–Kier alpha value is -2.30. The van der Waals surface area contributed by atoms with Crippen molar-refractivity contribution in [3.63, 3.8) is 0 Å². The van der Waals surface area contributed by atoms with Gasteiger partial charge in [0.25, 0.3) is 0 Å². The molecule has 5 nitrogen and oxygen atoms in total. The first-order chi connectivity index (χ1) is 10.7. The summed E-state index contributed by atoms with van der Waals surface area (Å²) in [7, 11) is 0. The van der Waals surface area contributed by atoms with Crippen molar-refractivity contribution < 1.29 is 4.42 Å². The largest absolute Gasteiger partial charge is 0.444 e. The molecule has 5 heteroatoms. The minimum absolute atomic E-state index is 0.429. The molecule has 0 unspecified atom stereocenters. The van der Waals surface area contributed by atoms with Gasteiger partial charge >= 0.3 is 0 Å². The van der Waals surface area contributed by atoms with E-state index in [2.05, 4.69) is 22.2 Å². The van der Waals surface area contributed by atoms with E-state index < -0.39 is 0 Å². The van der Waals surface area contributed by atoms with Crippen LogP contribution in [-0.2, 0) is 6.54 Å². The van der Waals surface area contributed by atoms with Crippen molar-refractivity contribution in [2.75, 3.05) is 6.54 Å². The monoisotopic (exact) mass is 298 g/mol. The molecule has 116 valence electrons. The smallest absolute Gasteiger partial charge is 0.226 e. The van der Waals surface area contributed by atoms with Crippen LogP contribution in [0.4, 0.5) is 0 Å². The molecule has 1 aliphatic rings. The van der Waals surface area contributed by atoms with E-state index >= 15 is 0 Å². The molecule has 0 spiro atoms. The lowest BCUT2D eigenvalue weighted by atomic mass is 9.85. The van der Waals surface area contributed by atoms with Crippen molar-refractivity contribution in [2.45, 2.75) is 32.7 Å². The van der Waals surface area contributed by atoms with Gasteiger partial charge in [-0.25, -0.2) is 9.98 Å². The van der Waals surface area contributed by atoms with E-state index in [1.54, 1.807) is 6.26 Å². The van der Waals surface area contributed by atoms with E-state index in [0.717, 1.165) is 23.7 Å². The predicted molar refractivity (Wildman–Crippen MR) is 87.3 cm³/mol. The fourth-order valence-corrected chi connectivity index (χ4v) is 2.38. The molecule has 1 aromatic carbocycles. The second kappa shape index (κ2) is 6.64. The van der Waals surface area contributed by atoms with Crippen molar-refractivity contribution in [3.8, 4) is 11.5 Å². The van der Waals surface area contributed by atoms with Gasteiger partial charge in [0.05, 0.1) is 6.54 Å². The number of oxazole rings is 1. The van der Waals surface area contributed by atoms with Gasteiger partial charge in [0, 0.05) is 12.1 Å². The van der Waals surface area contributed by atoms with E-state index in [1.165, 1.54) is 24.8 Å². The summed E-state index contributed by atoms with van der Waals surface area (Å²) in [4.78, 5) is 8.75. The number of aliphatic imine (C=N–C) groups is 1. The Bertz CT molecular complexity index is 641. The molecule has 3 rings (SSSR count). The van der Waals surface area contributed by atoms with Gasteiger partial charge in [-0.1, -0.05) is 24.1 Å². The van der Waals surface area contributed by atoms with Crippen LogP contribution in [0.15, 0.2) is 39.9 Å². The standard InChI is InChI=1S/C17H22N4O/c1-12-5-7-14(8-6-12)16-21-15(11-22-16)10-20-17(18)19-9-13-3-2-4-13/h5-8,11,13H,2-4,9-10H2,1H3,(H3,18,19,20). The molecule has 0 bridgehead atoms. The average molecular weight is 298 g/mol. The van der Waals surface area contributed by atoms with Gasteiger partial charge in [-0.05, 0) is 37.8 Å². The molecule has 1 saturated carbocycles. The van der Waals surface area contributed by atoms with Gasteiger partial charge in [-0.15, -0.1) is 0 Å². The Kier molecular flexibility index (Phi) is 4.42. The zero-order valence-corrected chi connectivity index (χ0v) is 12.9. The fraction of sp³-hybridized carbons (Fsp3) is 0.412. The Labute approximate surface area is 130 Å². The van der Waals surface area contributed by atoms with E-state index in [9.17, 15) is 0 Å². The number of aromatic nitrogens is 1. The first-order valence-corrected chi connectivity index (χ1v) is 7.76. The topological polar surface area (TPSA) is 76.4 Å². The zero-order chi connectivity index (χ0) is 15.4. The molecule has 0 saturated heterocycles. The van der Waals surface area contributed by atoms with Crippen LogP contribution < -0.4 is 11.1 Å². The van der Waals surface area contributed by atoms with Gasteiger partial charge in [-0.3, -0.25) is 0 Å². The SMILES string of the molecule is Cc1ccc(-c2nc(CN=C(N)NCC3CCC3)co2)cc1. The molecule has 3 N–H and O–H groups in total. The van der Waals surface area contributed by atoms with E-state index in [4.69, 9.17) is 10.2 Å². The van der Waals surface area contributed by atoms with Crippen molar-refractivity contribution in [2.24, 2.45) is 16.6 Å². The third-order valence-electron chi connectivity index (χ3n) is 4.06. The highest BCUT2D eigenvalue weighted by atomic mass is 16.3. The second-order valence-electron chi connectivity index (χ2n) is 5.89. The summed E-state index contributed by atoms with van der Waals surface area (Å²) in [6.07, 6.45) is 5.56. The molecule has 2 aromatic rings. The lowest BCUT2D eigenvalue weighted by molar-refractivity contribution is 0.315. The molecule has 1 aromatic heterocycles. The van der Waals surface area contributed by atoms with Gasteiger partial charge < -0.3 is 15.5 Å². The minimum Gasteiger partial charge on any atom is -0.444 e. The molecule has 1 heterocycles. The van der Waals surface area contributed by atoms with Gasteiger partial charge in [0.15, 0.2) is 5.96 Å². The Balaban J connectivity index is 1.55.